The molecule has 0 aromatic heterocycles. The van der Waals surface area contributed by atoms with Crippen LogP contribution >= 0.6 is 11.8 Å². The van der Waals surface area contributed by atoms with Gasteiger partial charge in [-0.25, -0.2) is 4.99 Å². The van der Waals surface area contributed by atoms with Crippen molar-refractivity contribution in [3.05, 3.63) is 73.3 Å². The Labute approximate surface area is 156 Å². The average molecular weight is 365 g/mol. The molecule has 0 bridgehead atoms. The van der Waals surface area contributed by atoms with Gasteiger partial charge in [-0.15, -0.1) is 6.58 Å². The molecule has 1 saturated heterocycles. The Bertz CT molecular complexity index is 821. The Kier molecular flexibility index (Phi) is 5.86. The Hall–Kier alpha value is -2.86. The molecule has 6 heteroatoms. The molecule has 1 atom stereocenters. The van der Waals surface area contributed by atoms with E-state index in [9.17, 15) is 9.59 Å². The monoisotopic (exact) mass is 365 g/mol. The number of anilines is 1. The fraction of sp³-hybridized carbons (Fsp3) is 0.150. The van der Waals surface area contributed by atoms with Gasteiger partial charge < -0.3 is 5.32 Å². The molecule has 2 aromatic carbocycles. The highest BCUT2D eigenvalue weighted by molar-refractivity contribution is 8.15. The Morgan fingerprint density at radius 2 is 1.81 bits per heavy atom. The number of thioether (sulfide) groups is 1. The molecule has 2 amide bonds. The lowest BCUT2D eigenvalue weighted by Gasteiger charge is -2.13. The first-order valence-electron chi connectivity index (χ1n) is 8.25. The lowest BCUT2D eigenvalue weighted by molar-refractivity contribution is -0.127. The minimum atomic E-state index is -0.485. The number of hydrogen-bond donors (Lipinski definition) is 1. The van der Waals surface area contributed by atoms with Crippen LogP contribution in [0.25, 0.3) is 0 Å². The predicted octanol–water partition coefficient (Wildman–Crippen LogP) is 3.83. The van der Waals surface area contributed by atoms with E-state index in [4.69, 9.17) is 0 Å². The van der Waals surface area contributed by atoms with Crippen LogP contribution in [0.3, 0.4) is 0 Å². The van der Waals surface area contributed by atoms with Crippen molar-refractivity contribution in [1.29, 1.82) is 0 Å². The molecule has 0 spiro atoms. The number of para-hydroxylation sites is 2. The molecule has 26 heavy (non-hydrogen) atoms. The molecule has 1 fully saturated rings. The van der Waals surface area contributed by atoms with Crippen LogP contribution < -0.4 is 5.32 Å². The summed E-state index contributed by atoms with van der Waals surface area (Å²) >= 11 is 1.32. The number of rotatable bonds is 6. The second-order valence-corrected chi connectivity index (χ2v) is 6.86. The fourth-order valence-corrected chi connectivity index (χ4v) is 3.70. The summed E-state index contributed by atoms with van der Waals surface area (Å²) in [5, 5.41) is 2.93. The van der Waals surface area contributed by atoms with Gasteiger partial charge in [0.2, 0.25) is 11.8 Å². The summed E-state index contributed by atoms with van der Waals surface area (Å²) in [6.45, 7) is 4.07. The van der Waals surface area contributed by atoms with Crippen LogP contribution in [0.4, 0.5) is 11.4 Å². The SMILES string of the molecule is C=CCN1C(=O)[C@@H](CC(=O)Nc2ccccc2)SC1=Nc1ccccc1. The summed E-state index contributed by atoms with van der Waals surface area (Å²) in [6, 6.07) is 18.6. The Morgan fingerprint density at radius 1 is 1.15 bits per heavy atom. The number of hydrogen-bond acceptors (Lipinski definition) is 4. The molecule has 0 saturated carbocycles. The molecule has 132 valence electrons. The van der Waals surface area contributed by atoms with Gasteiger partial charge in [0.1, 0.15) is 5.25 Å². The summed E-state index contributed by atoms with van der Waals surface area (Å²) in [6.07, 6.45) is 1.76. The van der Waals surface area contributed by atoms with Gasteiger partial charge >= 0.3 is 0 Å². The molecule has 1 heterocycles. The van der Waals surface area contributed by atoms with E-state index in [0.29, 0.717) is 17.4 Å². The van der Waals surface area contributed by atoms with Gasteiger partial charge in [0.05, 0.1) is 5.69 Å². The van der Waals surface area contributed by atoms with E-state index in [0.717, 1.165) is 5.69 Å². The highest BCUT2D eigenvalue weighted by Crippen LogP contribution is 2.31. The number of carbonyl (C=O) groups is 2. The Balaban J connectivity index is 1.72. The maximum absolute atomic E-state index is 12.7. The van der Waals surface area contributed by atoms with Crippen molar-refractivity contribution in [2.24, 2.45) is 4.99 Å². The van der Waals surface area contributed by atoms with E-state index in [-0.39, 0.29) is 18.2 Å². The average Bonchev–Trinajstić information content (AvgIpc) is 2.92. The van der Waals surface area contributed by atoms with Gasteiger partial charge in [0.15, 0.2) is 5.17 Å². The largest absolute Gasteiger partial charge is 0.326 e. The van der Waals surface area contributed by atoms with Crippen molar-refractivity contribution in [2.75, 3.05) is 11.9 Å². The standard InChI is InChI=1S/C20H19N3O2S/c1-2-13-23-19(25)17(14-18(24)21-15-9-5-3-6-10-15)26-20(23)22-16-11-7-4-8-12-16/h2-12,17H,1,13-14H2,(H,21,24)/t17-/m1/s1. The number of aliphatic imine (C=N–C) groups is 1. The third-order valence-electron chi connectivity index (χ3n) is 3.74. The fourth-order valence-electron chi connectivity index (χ4n) is 2.54. The molecule has 5 nitrogen and oxygen atoms in total. The van der Waals surface area contributed by atoms with Crippen LogP contribution in [-0.2, 0) is 9.59 Å². The zero-order valence-electron chi connectivity index (χ0n) is 14.2. The smallest absolute Gasteiger partial charge is 0.242 e. The summed E-state index contributed by atoms with van der Waals surface area (Å²) < 4.78 is 0. The first kappa shape index (κ1) is 17.9. The summed E-state index contributed by atoms with van der Waals surface area (Å²) in [5.41, 5.74) is 1.49. The van der Waals surface area contributed by atoms with Crippen molar-refractivity contribution in [3.63, 3.8) is 0 Å². The molecule has 1 aliphatic rings. The second kappa shape index (κ2) is 8.49. The van der Waals surface area contributed by atoms with Crippen LogP contribution in [0, 0.1) is 0 Å². The van der Waals surface area contributed by atoms with Gasteiger partial charge in [0, 0.05) is 18.7 Å². The van der Waals surface area contributed by atoms with Crippen molar-refractivity contribution in [2.45, 2.75) is 11.7 Å². The van der Waals surface area contributed by atoms with Gasteiger partial charge in [-0.1, -0.05) is 54.2 Å². The molecular formula is C20H19N3O2S. The number of carbonyl (C=O) groups excluding carboxylic acids is 2. The predicted molar refractivity (Wildman–Crippen MR) is 107 cm³/mol. The minimum absolute atomic E-state index is 0.0971. The van der Waals surface area contributed by atoms with Crippen molar-refractivity contribution in [1.82, 2.24) is 4.90 Å². The molecule has 0 aliphatic carbocycles. The highest BCUT2D eigenvalue weighted by atomic mass is 32.2. The number of nitrogens with zero attached hydrogens (tertiary/aromatic N) is 2. The maximum atomic E-state index is 12.7. The number of benzene rings is 2. The lowest BCUT2D eigenvalue weighted by Crippen LogP contribution is -2.33. The molecule has 0 unspecified atom stereocenters. The lowest BCUT2D eigenvalue weighted by atomic mass is 10.2. The topological polar surface area (TPSA) is 61.8 Å². The van der Waals surface area contributed by atoms with Crippen LogP contribution in [0.5, 0.6) is 0 Å². The highest BCUT2D eigenvalue weighted by Gasteiger charge is 2.38. The zero-order chi connectivity index (χ0) is 18.4. The normalized spacial score (nSPS) is 18.2. The summed E-state index contributed by atoms with van der Waals surface area (Å²) in [5.74, 6) is -0.311. The maximum Gasteiger partial charge on any atom is 0.242 e. The van der Waals surface area contributed by atoms with E-state index in [1.54, 1.807) is 11.0 Å². The summed E-state index contributed by atoms with van der Waals surface area (Å²) in [4.78, 5) is 31.1. The molecular weight excluding hydrogens is 346 g/mol. The quantitative estimate of drug-likeness (QED) is 0.792. The number of amides is 2. The van der Waals surface area contributed by atoms with Crippen molar-refractivity contribution >= 4 is 40.1 Å². The van der Waals surface area contributed by atoms with Crippen LogP contribution in [0.2, 0.25) is 0 Å². The third-order valence-corrected chi connectivity index (χ3v) is 4.92. The van der Waals surface area contributed by atoms with Crippen molar-refractivity contribution in [3.8, 4) is 0 Å². The van der Waals surface area contributed by atoms with Crippen LogP contribution in [0.15, 0.2) is 78.3 Å². The zero-order valence-corrected chi connectivity index (χ0v) is 15.0. The molecule has 0 radical (unpaired) electrons. The minimum Gasteiger partial charge on any atom is -0.326 e. The van der Waals surface area contributed by atoms with Crippen LogP contribution in [-0.4, -0.2) is 33.7 Å². The van der Waals surface area contributed by atoms with Gasteiger partial charge in [-0.3, -0.25) is 14.5 Å². The third kappa shape index (κ3) is 4.40. The first-order chi connectivity index (χ1) is 12.7. The van der Waals surface area contributed by atoms with E-state index in [1.807, 2.05) is 60.7 Å². The van der Waals surface area contributed by atoms with Gasteiger partial charge in [-0.2, -0.15) is 0 Å². The van der Waals surface area contributed by atoms with E-state index in [2.05, 4.69) is 16.9 Å². The Morgan fingerprint density at radius 3 is 2.46 bits per heavy atom. The molecule has 2 aromatic rings. The molecule has 3 rings (SSSR count). The molecule has 1 aliphatic heterocycles. The van der Waals surface area contributed by atoms with Crippen LogP contribution in [0.1, 0.15) is 6.42 Å². The second-order valence-electron chi connectivity index (χ2n) is 5.69. The summed E-state index contributed by atoms with van der Waals surface area (Å²) in [7, 11) is 0. The van der Waals surface area contributed by atoms with E-state index in [1.165, 1.54) is 11.8 Å². The molecule has 1 N–H and O–H groups in total. The van der Waals surface area contributed by atoms with E-state index < -0.39 is 5.25 Å². The van der Waals surface area contributed by atoms with Gasteiger partial charge in [0.25, 0.3) is 0 Å². The first-order valence-corrected chi connectivity index (χ1v) is 9.13. The van der Waals surface area contributed by atoms with E-state index >= 15 is 0 Å². The number of nitrogens with one attached hydrogen (secondary N) is 1. The van der Waals surface area contributed by atoms with Gasteiger partial charge in [-0.05, 0) is 24.3 Å². The number of amidine groups is 1. The van der Waals surface area contributed by atoms with Crippen molar-refractivity contribution < 1.29 is 9.59 Å².